The van der Waals surface area contributed by atoms with Crippen molar-refractivity contribution in [1.29, 1.82) is 0 Å². The summed E-state index contributed by atoms with van der Waals surface area (Å²) < 4.78 is 28.1. The van der Waals surface area contributed by atoms with Gasteiger partial charge in [-0.05, 0) is 44.9 Å². The number of nitrogens with one attached hydrogen (secondary N) is 1. The molecule has 1 aromatic heterocycles. The fourth-order valence-corrected chi connectivity index (χ4v) is 5.13. The van der Waals surface area contributed by atoms with Crippen LogP contribution in [0.4, 0.5) is 5.69 Å². The van der Waals surface area contributed by atoms with E-state index in [0.717, 1.165) is 27.4 Å². The summed E-state index contributed by atoms with van der Waals surface area (Å²) in [5, 5.41) is 3.26. The maximum atomic E-state index is 12.8. The van der Waals surface area contributed by atoms with Crippen LogP contribution in [0.1, 0.15) is 32.2 Å². The maximum Gasteiger partial charge on any atom is 0.244 e. The highest BCUT2D eigenvalue weighted by molar-refractivity contribution is 8.00. The number of halogens is 1. The Hall–Kier alpha value is -1.55. The zero-order valence-corrected chi connectivity index (χ0v) is 20.7. The van der Waals surface area contributed by atoms with E-state index in [0.29, 0.717) is 11.6 Å². The summed E-state index contributed by atoms with van der Waals surface area (Å²) in [7, 11) is -0.863. The number of imidazole rings is 1. The minimum Gasteiger partial charge on any atom is -0.325 e. The van der Waals surface area contributed by atoms with Crippen LogP contribution in [0, 0.1) is 19.8 Å². The van der Waals surface area contributed by atoms with Gasteiger partial charge in [-0.25, -0.2) is 17.7 Å². The lowest BCUT2D eigenvalue weighted by Gasteiger charge is -2.16. The molecule has 0 radical (unpaired) electrons. The van der Waals surface area contributed by atoms with Gasteiger partial charge in [0.15, 0.2) is 5.16 Å². The topological polar surface area (TPSA) is 84.3 Å². The normalized spacial score (nSPS) is 13.1. The molecule has 2 aromatic rings. The molecule has 0 saturated heterocycles. The Balaban J connectivity index is 2.21. The third-order valence-corrected chi connectivity index (χ3v) is 7.97. The third-order valence-electron chi connectivity index (χ3n) is 4.58. The van der Waals surface area contributed by atoms with Crippen LogP contribution in [0.5, 0.6) is 0 Å². The Morgan fingerprint density at radius 2 is 1.90 bits per heavy atom. The van der Waals surface area contributed by atoms with E-state index in [1.165, 1.54) is 38.0 Å². The number of sulfonamides is 1. The van der Waals surface area contributed by atoms with Gasteiger partial charge >= 0.3 is 0 Å². The van der Waals surface area contributed by atoms with Crippen molar-refractivity contribution >= 4 is 45.0 Å². The van der Waals surface area contributed by atoms with Crippen molar-refractivity contribution < 1.29 is 13.2 Å². The van der Waals surface area contributed by atoms with Gasteiger partial charge in [0.1, 0.15) is 4.90 Å². The van der Waals surface area contributed by atoms with E-state index in [-0.39, 0.29) is 15.8 Å². The molecule has 0 saturated carbocycles. The number of benzene rings is 1. The molecule has 166 valence electrons. The fraction of sp³-hybridized carbons (Fsp3) is 0.500. The smallest absolute Gasteiger partial charge is 0.244 e. The van der Waals surface area contributed by atoms with Crippen molar-refractivity contribution in [2.45, 2.75) is 56.5 Å². The molecule has 0 aliphatic heterocycles. The highest BCUT2D eigenvalue weighted by Crippen LogP contribution is 2.29. The maximum absolute atomic E-state index is 12.8. The lowest BCUT2D eigenvalue weighted by Crippen LogP contribution is -2.24. The van der Waals surface area contributed by atoms with Gasteiger partial charge in [0.25, 0.3) is 0 Å². The van der Waals surface area contributed by atoms with E-state index >= 15 is 0 Å². The van der Waals surface area contributed by atoms with Crippen molar-refractivity contribution in [3.05, 3.63) is 34.6 Å². The SMILES string of the molecule is Cc1nc(SC(C)C(=O)Nc2ccc(Cl)c(S(=O)(=O)N(C)C)c2)n(CC(C)C)c1C. The van der Waals surface area contributed by atoms with Crippen LogP contribution in [-0.4, -0.2) is 47.5 Å². The summed E-state index contributed by atoms with van der Waals surface area (Å²) in [6.45, 7) is 10.9. The molecular formula is C20H29ClN4O3S2. The summed E-state index contributed by atoms with van der Waals surface area (Å²) in [6.07, 6.45) is 0. The number of carbonyl (C=O) groups is 1. The van der Waals surface area contributed by atoms with Gasteiger partial charge < -0.3 is 9.88 Å². The van der Waals surface area contributed by atoms with Crippen LogP contribution >= 0.6 is 23.4 Å². The first-order chi connectivity index (χ1) is 13.8. The molecule has 2 rings (SSSR count). The molecule has 0 fully saturated rings. The lowest BCUT2D eigenvalue weighted by molar-refractivity contribution is -0.115. The summed E-state index contributed by atoms with van der Waals surface area (Å²) >= 11 is 7.45. The van der Waals surface area contributed by atoms with Crippen LogP contribution in [0.3, 0.4) is 0 Å². The molecule has 1 heterocycles. The van der Waals surface area contributed by atoms with Crippen molar-refractivity contribution in [2.24, 2.45) is 5.92 Å². The standard InChI is InChI=1S/C20H29ClN4O3S2/c1-12(2)11-25-14(4)13(3)22-20(25)29-15(5)19(26)23-16-8-9-17(21)18(10-16)30(27,28)24(6)7/h8-10,12,15H,11H2,1-7H3,(H,23,26). The molecule has 0 aliphatic carbocycles. The Morgan fingerprint density at radius 3 is 2.47 bits per heavy atom. The van der Waals surface area contributed by atoms with Crippen LogP contribution in [0.2, 0.25) is 5.02 Å². The molecule has 10 heteroatoms. The summed E-state index contributed by atoms with van der Waals surface area (Å²) in [6, 6.07) is 4.43. The quantitative estimate of drug-likeness (QED) is 0.582. The van der Waals surface area contributed by atoms with Gasteiger partial charge in [-0.2, -0.15) is 0 Å². The zero-order chi connectivity index (χ0) is 22.8. The minimum atomic E-state index is -3.72. The monoisotopic (exact) mass is 472 g/mol. The van der Waals surface area contributed by atoms with Gasteiger partial charge in [-0.3, -0.25) is 4.79 Å². The second kappa shape index (κ2) is 9.72. The summed E-state index contributed by atoms with van der Waals surface area (Å²) in [5.74, 6) is 0.205. The van der Waals surface area contributed by atoms with Gasteiger partial charge in [0, 0.05) is 32.0 Å². The second-order valence-electron chi connectivity index (χ2n) is 7.75. The van der Waals surface area contributed by atoms with E-state index in [9.17, 15) is 13.2 Å². The Labute approximate surface area is 188 Å². The molecule has 1 atom stereocenters. The molecule has 7 nitrogen and oxygen atoms in total. The highest BCUT2D eigenvalue weighted by atomic mass is 35.5. The molecule has 1 aromatic carbocycles. The van der Waals surface area contributed by atoms with Crippen LogP contribution < -0.4 is 5.32 Å². The second-order valence-corrected chi connectivity index (χ2v) is 11.6. The third kappa shape index (κ3) is 5.57. The molecule has 0 spiro atoms. The number of thioether (sulfide) groups is 1. The van der Waals surface area contributed by atoms with Gasteiger partial charge in [-0.1, -0.05) is 37.2 Å². The number of rotatable bonds is 8. The van der Waals surface area contributed by atoms with E-state index in [1.54, 1.807) is 13.0 Å². The molecular weight excluding hydrogens is 444 g/mol. The molecule has 30 heavy (non-hydrogen) atoms. The Kier molecular flexibility index (Phi) is 8.01. The fourth-order valence-electron chi connectivity index (χ4n) is 2.72. The molecule has 0 bridgehead atoms. The first kappa shape index (κ1) is 24.7. The minimum absolute atomic E-state index is 0.0500. The predicted molar refractivity (Wildman–Crippen MR) is 123 cm³/mol. The number of amides is 1. The summed E-state index contributed by atoms with van der Waals surface area (Å²) in [4.78, 5) is 17.3. The van der Waals surface area contributed by atoms with Crippen molar-refractivity contribution in [2.75, 3.05) is 19.4 Å². The number of carbonyl (C=O) groups excluding carboxylic acids is 1. The molecule has 1 unspecified atom stereocenters. The van der Waals surface area contributed by atoms with Crippen LogP contribution in [0.25, 0.3) is 0 Å². The molecule has 0 aliphatic rings. The van der Waals surface area contributed by atoms with E-state index in [2.05, 4.69) is 28.7 Å². The number of hydrogen-bond donors (Lipinski definition) is 1. The van der Waals surface area contributed by atoms with Gasteiger partial charge in [0.05, 0.1) is 16.0 Å². The van der Waals surface area contributed by atoms with E-state index < -0.39 is 15.3 Å². The summed E-state index contributed by atoms with van der Waals surface area (Å²) in [5.41, 5.74) is 2.41. The first-order valence-corrected chi connectivity index (χ1v) is 12.3. The van der Waals surface area contributed by atoms with E-state index in [4.69, 9.17) is 11.6 Å². The molecule has 1 amide bonds. The number of aryl methyl sites for hydroxylation is 1. The number of hydrogen-bond acceptors (Lipinski definition) is 5. The number of nitrogens with zero attached hydrogens (tertiary/aromatic N) is 3. The number of aromatic nitrogens is 2. The van der Waals surface area contributed by atoms with E-state index in [1.807, 2.05) is 13.8 Å². The zero-order valence-electron chi connectivity index (χ0n) is 18.4. The Morgan fingerprint density at radius 1 is 1.27 bits per heavy atom. The number of anilines is 1. The van der Waals surface area contributed by atoms with Gasteiger partial charge in [0.2, 0.25) is 15.9 Å². The van der Waals surface area contributed by atoms with Crippen molar-refractivity contribution in [3.63, 3.8) is 0 Å². The largest absolute Gasteiger partial charge is 0.325 e. The highest BCUT2D eigenvalue weighted by Gasteiger charge is 2.23. The average molecular weight is 473 g/mol. The van der Waals surface area contributed by atoms with Crippen LogP contribution in [-0.2, 0) is 21.4 Å². The molecule has 1 N–H and O–H groups in total. The Bertz CT molecular complexity index is 1030. The van der Waals surface area contributed by atoms with Crippen molar-refractivity contribution in [3.8, 4) is 0 Å². The van der Waals surface area contributed by atoms with Gasteiger partial charge in [-0.15, -0.1) is 0 Å². The lowest BCUT2D eigenvalue weighted by atomic mass is 10.2. The van der Waals surface area contributed by atoms with Crippen molar-refractivity contribution in [1.82, 2.24) is 13.9 Å². The van der Waals surface area contributed by atoms with Crippen LogP contribution in [0.15, 0.2) is 28.3 Å². The predicted octanol–water partition coefficient (Wildman–Crippen LogP) is 4.18. The average Bonchev–Trinajstić information content (AvgIpc) is 2.89. The first-order valence-electron chi connectivity index (χ1n) is 9.58.